The number of hydrogen-bond donors (Lipinski definition) is 1. The summed E-state index contributed by atoms with van der Waals surface area (Å²) in [6.45, 7) is 4.94. The van der Waals surface area contributed by atoms with E-state index in [1.807, 2.05) is 6.20 Å². The highest BCUT2D eigenvalue weighted by molar-refractivity contribution is 9.10. The van der Waals surface area contributed by atoms with E-state index in [1.54, 1.807) is 0 Å². The van der Waals surface area contributed by atoms with E-state index >= 15 is 0 Å². The zero-order chi connectivity index (χ0) is 12.1. The molecule has 94 valence electrons. The lowest BCUT2D eigenvalue weighted by Crippen LogP contribution is -2.30. The van der Waals surface area contributed by atoms with Crippen molar-refractivity contribution >= 4 is 15.9 Å². The summed E-state index contributed by atoms with van der Waals surface area (Å²) >= 11 is 3.42. The lowest BCUT2D eigenvalue weighted by atomic mass is 9.95. The van der Waals surface area contributed by atoms with Gasteiger partial charge in [0.2, 0.25) is 0 Å². The Labute approximate surface area is 111 Å². The Bertz CT molecular complexity index is 336. The summed E-state index contributed by atoms with van der Waals surface area (Å²) in [5.41, 5.74) is 1.12. The molecule has 0 amide bonds. The molecule has 0 aromatic carbocycles. The maximum atomic E-state index is 5.49. The van der Waals surface area contributed by atoms with Gasteiger partial charge in [-0.3, -0.25) is 4.98 Å². The van der Waals surface area contributed by atoms with E-state index in [-0.39, 0.29) is 0 Å². The van der Waals surface area contributed by atoms with Gasteiger partial charge in [0.15, 0.2) is 0 Å². The first-order chi connectivity index (χ1) is 8.31. The molecule has 4 heteroatoms. The highest BCUT2D eigenvalue weighted by Gasteiger charge is 2.27. The molecule has 2 heterocycles. The van der Waals surface area contributed by atoms with E-state index in [2.05, 4.69) is 45.3 Å². The minimum atomic E-state index is 0.325. The van der Waals surface area contributed by atoms with Crippen LogP contribution in [0.15, 0.2) is 22.8 Å². The lowest BCUT2D eigenvalue weighted by Gasteiger charge is -2.23. The molecule has 1 saturated heterocycles. The van der Waals surface area contributed by atoms with Gasteiger partial charge in [0, 0.05) is 23.2 Å². The summed E-state index contributed by atoms with van der Waals surface area (Å²) in [6, 6.07) is 4.47. The molecule has 0 spiro atoms. The number of rotatable bonds is 5. The van der Waals surface area contributed by atoms with Crippen molar-refractivity contribution in [3.05, 3.63) is 28.5 Å². The third kappa shape index (κ3) is 3.50. The highest BCUT2D eigenvalue weighted by atomic mass is 79.9. The molecule has 2 rings (SSSR count). The van der Waals surface area contributed by atoms with Crippen LogP contribution in [0.2, 0.25) is 0 Å². The molecule has 1 aliphatic rings. The van der Waals surface area contributed by atoms with Gasteiger partial charge in [0.25, 0.3) is 0 Å². The molecular formula is C13H19BrN2O. The predicted molar refractivity (Wildman–Crippen MR) is 71.9 cm³/mol. The molecule has 2 unspecified atom stereocenters. The van der Waals surface area contributed by atoms with E-state index < -0.39 is 0 Å². The van der Waals surface area contributed by atoms with Gasteiger partial charge in [0.1, 0.15) is 0 Å². The molecule has 1 aromatic heterocycles. The standard InChI is InChI=1S/C13H19BrN2O/c1-2-6-15-13(10-5-7-17-9-10)12-4-3-11(14)8-16-12/h3-4,8,10,13,15H,2,5-7,9H2,1H3. The number of pyridine rings is 1. The fraction of sp³-hybridized carbons (Fsp3) is 0.615. The van der Waals surface area contributed by atoms with Gasteiger partial charge in [-0.05, 0) is 47.4 Å². The number of halogens is 1. The molecule has 0 saturated carbocycles. The van der Waals surface area contributed by atoms with E-state index in [4.69, 9.17) is 4.74 Å². The second kappa shape index (κ2) is 6.47. The van der Waals surface area contributed by atoms with Crippen molar-refractivity contribution in [3.8, 4) is 0 Å². The van der Waals surface area contributed by atoms with Gasteiger partial charge >= 0.3 is 0 Å². The van der Waals surface area contributed by atoms with E-state index in [0.29, 0.717) is 12.0 Å². The van der Waals surface area contributed by atoms with Crippen molar-refractivity contribution in [1.29, 1.82) is 0 Å². The molecule has 2 atom stereocenters. The number of aromatic nitrogens is 1. The molecular weight excluding hydrogens is 280 g/mol. The average Bonchev–Trinajstić information content (AvgIpc) is 2.85. The first-order valence-corrected chi connectivity index (χ1v) is 7.03. The number of nitrogens with one attached hydrogen (secondary N) is 1. The third-order valence-electron chi connectivity index (χ3n) is 3.12. The van der Waals surface area contributed by atoms with Gasteiger partial charge in [-0.2, -0.15) is 0 Å². The Kier molecular flexibility index (Phi) is 4.95. The molecule has 0 aliphatic carbocycles. The van der Waals surface area contributed by atoms with Crippen LogP contribution in [0.25, 0.3) is 0 Å². The van der Waals surface area contributed by atoms with Crippen molar-refractivity contribution in [2.45, 2.75) is 25.8 Å². The molecule has 17 heavy (non-hydrogen) atoms. The largest absolute Gasteiger partial charge is 0.381 e. The molecule has 0 bridgehead atoms. The molecule has 0 radical (unpaired) electrons. The summed E-state index contributed by atoms with van der Waals surface area (Å²) in [7, 11) is 0. The first kappa shape index (κ1) is 13.0. The van der Waals surface area contributed by atoms with E-state index in [9.17, 15) is 0 Å². The molecule has 1 N–H and O–H groups in total. The van der Waals surface area contributed by atoms with Crippen LogP contribution in [0.4, 0.5) is 0 Å². The van der Waals surface area contributed by atoms with Crippen molar-refractivity contribution in [1.82, 2.24) is 10.3 Å². The topological polar surface area (TPSA) is 34.2 Å². The summed E-state index contributed by atoms with van der Waals surface area (Å²) in [6.07, 6.45) is 4.13. The summed E-state index contributed by atoms with van der Waals surface area (Å²) in [4.78, 5) is 4.51. The predicted octanol–water partition coefficient (Wildman–Crippen LogP) is 2.92. The Morgan fingerprint density at radius 1 is 1.59 bits per heavy atom. The quantitative estimate of drug-likeness (QED) is 0.907. The van der Waals surface area contributed by atoms with Crippen molar-refractivity contribution in [3.63, 3.8) is 0 Å². The fourth-order valence-corrected chi connectivity index (χ4v) is 2.43. The second-order valence-corrected chi connectivity index (χ2v) is 5.37. The Hall–Kier alpha value is -0.450. The highest BCUT2D eigenvalue weighted by Crippen LogP contribution is 2.28. The maximum absolute atomic E-state index is 5.49. The zero-order valence-corrected chi connectivity index (χ0v) is 11.7. The fourth-order valence-electron chi connectivity index (χ4n) is 2.20. The van der Waals surface area contributed by atoms with Crippen LogP contribution < -0.4 is 5.32 Å². The van der Waals surface area contributed by atoms with Crippen LogP contribution >= 0.6 is 15.9 Å². The van der Waals surface area contributed by atoms with Crippen LogP contribution in [0.5, 0.6) is 0 Å². The number of nitrogens with zero attached hydrogens (tertiary/aromatic N) is 1. The van der Waals surface area contributed by atoms with Gasteiger partial charge in [-0.15, -0.1) is 0 Å². The number of hydrogen-bond acceptors (Lipinski definition) is 3. The Balaban J connectivity index is 2.10. The van der Waals surface area contributed by atoms with Gasteiger partial charge in [-0.25, -0.2) is 0 Å². The lowest BCUT2D eigenvalue weighted by molar-refractivity contribution is 0.176. The van der Waals surface area contributed by atoms with Crippen LogP contribution in [0, 0.1) is 5.92 Å². The van der Waals surface area contributed by atoms with Crippen LogP contribution in [0.3, 0.4) is 0 Å². The number of ether oxygens (including phenoxy) is 1. The molecule has 1 fully saturated rings. The van der Waals surface area contributed by atoms with Crippen LogP contribution in [-0.2, 0) is 4.74 Å². The summed E-state index contributed by atoms with van der Waals surface area (Å²) < 4.78 is 6.51. The molecule has 3 nitrogen and oxygen atoms in total. The average molecular weight is 299 g/mol. The van der Waals surface area contributed by atoms with Crippen molar-refractivity contribution < 1.29 is 4.74 Å². The van der Waals surface area contributed by atoms with Crippen molar-refractivity contribution in [2.75, 3.05) is 19.8 Å². The van der Waals surface area contributed by atoms with Crippen LogP contribution in [0.1, 0.15) is 31.5 Å². The molecule has 1 aliphatic heterocycles. The van der Waals surface area contributed by atoms with Gasteiger partial charge in [-0.1, -0.05) is 6.92 Å². The SMILES string of the molecule is CCCNC(c1ccc(Br)cn1)C1CCOC1. The van der Waals surface area contributed by atoms with E-state index in [1.165, 1.54) is 0 Å². The summed E-state index contributed by atoms with van der Waals surface area (Å²) in [5, 5.41) is 3.59. The Morgan fingerprint density at radius 2 is 2.47 bits per heavy atom. The zero-order valence-electron chi connectivity index (χ0n) is 10.2. The first-order valence-electron chi connectivity index (χ1n) is 6.24. The normalized spacial score (nSPS) is 21.6. The molecule has 1 aromatic rings. The van der Waals surface area contributed by atoms with Crippen LogP contribution in [-0.4, -0.2) is 24.7 Å². The van der Waals surface area contributed by atoms with Crippen molar-refractivity contribution in [2.24, 2.45) is 5.92 Å². The summed E-state index contributed by atoms with van der Waals surface area (Å²) in [5.74, 6) is 0.551. The smallest absolute Gasteiger partial charge is 0.0577 e. The van der Waals surface area contributed by atoms with E-state index in [0.717, 1.165) is 42.8 Å². The third-order valence-corrected chi connectivity index (χ3v) is 3.59. The minimum absolute atomic E-state index is 0.325. The second-order valence-electron chi connectivity index (χ2n) is 4.46. The Morgan fingerprint density at radius 3 is 3.06 bits per heavy atom. The monoisotopic (exact) mass is 298 g/mol. The minimum Gasteiger partial charge on any atom is -0.381 e. The maximum Gasteiger partial charge on any atom is 0.0577 e. The van der Waals surface area contributed by atoms with Gasteiger partial charge in [0.05, 0.1) is 18.3 Å². The van der Waals surface area contributed by atoms with Gasteiger partial charge < -0.3 is 10.1 Å².